The Bertz CT molecular complexity index is 1520. The van der Waals surface area contributed by atoms with Gasteiger partial charge < -0.3 is 9.47 Å². The molecule has 9 nitrogen and oxygen atoms in total. The van der Waals surface area contributed by atoms with E-state index in [-0.39, 0.29) is 13.0 Å². The molecule has 0 spiro atoms. The minimum absolute atomic E-state index is 0.0576. The van der Waals surface area contributed by atoms with Gasteiger partial charge >= 0.3 is 5.69 Å². The number of ether oxygens (including phenoxy) is 2. The molecule has 4 aromatic rings. The van der Waals surface area contributed by atoms with E-state index in [2.05, 4.69) is 4.98 Å². The first kappa shape index (κ1) is 26.8. The summed E-state index contributed by atoms with van der Waals surface area (Å²) in [7, 11) is -3.85. The summed E-state index contributed by atoms with van der Waals surface area (Å²) in [5.74, 6) is 0. The van der Waals surface area contributed by atoms with Gasteiger partial charge in [0.15, 0.2) is 0 Å². The summed E-state index contributed by atoms with van der Waals surface area (Å²) in [5.41, 5.74) is 0.337. The number of nitrogens with one attached hydrogen (secondary N) is 1. The number of hydrogen-bond acceptors (Lipinski definition) is 7. The summed E-state index contributed by atoms with van der Waals surface area (Å²) < 4.78 is 43.8. The monoisotopic (exact) mass is 548 g/mol. The number of rotatable bonds is 9. The molecule has 0 radical (unpaired) electrons. The molecule has 1 aromatic heterocycles. The van der Waals surface area contributed by atoms with Crippen LogP contribution in [-0.4, -0.2) is 43.0 Å². The average molecular weight is 549 g/mol. The Morgan fingerprint density at radius 2 is 1.38 bits per heavy atom. The summed E-state index contributed by atoms with van der Waals surface area (Å²) in [6, 6.07) is 30.4. The van der Waals surface area contributed by atoms with Gasteiger partial charge in [-0.3, -0.25) is 18.5 Å². The standard InChI is InChI=1S/C29H28N2O7S/c1-39(34,35)38-24-19-27(31-18-17-26(32)30-28(31)33)37-25(24)20-36-29(21-11-5-2-6-12-21,22-13-7-3-8-14-22)23-15-9-4-10-16-23/h2-18,24-25,27H,19-20H2,1H3,(H,30,32,33)/t24-,25+,27-/m0/s1. The lowest BCUT2D eigenvalue weighted by atomic mass is 9.80. The second kappa shape index (κ2) is 11.1. The van der Waals surface area contributed by atoms with E-state index in [0.717, 1.165) is 22.9 Å². The van der Waals surface area contributed by atoms with Gasteiger partial charge in [-0.2, -0.15) is 8.42 Å². The van der Waals surface area contributed by atoms with Gasteiger partial charge in [-0.1, -0.05) is 91.0 Å². The zero-order valence-electron chi connectivity index (χ0n) is 21.2. The minimum Gasteiger partial charge on any atom is -0.358 e. The van der Waals surface area contributed by atoms with Crippen molar-refractivity contribution in [3.63, 3.8) is 0 Å². The van der Waals surface area contributed by atoms with Crippen molar-refractivity contribution in [1.29, 1.82) is 0 Å². The summed E-state index contributed by atoms with van der Waals surface area (Å²) >= 11 is 0. The van der Waals surface area contributed by atoms with Crippen LogP contribution in [0, 0.1) is 0 Å². The Kier molecular flexibility index (Phi) is 7.62. The molecule has 0 aliphatic carbocycles. The van der Waals surface area contributed by atoms with Crippen LogP contribution in [0.4, 0.5) is 0 Å². The predicted molar refractivity (Wildman–Crippen MR) is 145 cm³/mol. The summed E-state index contributed by atoms with van der Waals surface area (Å²) in [6.07, 6.45) is -0.305. The molecule has 1 N–H and O–H groups in total. The number of aromatic nitrogens is 2. The highest BCUT2D eigenvalue weighted by Crippen LogP contribution is 2.42. The first-order chi connectivity index (χ1) is 18.8. The van der Waals surface area contributed by atoms with Gasteiger partial charge in [-0.05, 0) is 16.7 Å². The second-order valence-corrected chi connectivity index (χ2v) is 10.9. The van der Waals surface area contributed by atoms with Crippen LogP contribution >= 0.6 is 0 Å². The van der Waals surface area contributed by atoms with E-state index in [1.54, 1.807) is 0 Å². The maximum Gasteiger partial charge on any atom is 0.330 e. The molecule has 3 atom stereocenters. The first-order valence-electron chi connectivity index (χ1n) is 12.4. The molecule has 0 unspecified atom stereocenters. The molecule has 0 bridgehead atoms. The fourth-order valence-corrected chi connectivity index (χ4v) is 5.63. The molecular formula is C29H28N2O7S. The Labute approximate surface area is 225 Å². The summed E-state index contributed by atoms with van der Waals surface area (Å²) in [4.78, 5) is 26.2. The molecule has 3 aromatic carbocycles. The normalized spacial score (nSPS) is 19.7. The van der Waals surface area contributed by atoms with Crippen molar-refractivity contribution in [1.82, 2.24) is 9.55 Å². The molecule has 0 saturated carbocycles. The van der Waals surface area contributed by atoms with Crippen LogP contribution in [0.5, 0.6) is 0 Å². The zero-order chi connectivity index (χ0) is 27.5. The quantitative estimate of drug-likeness (QED) is 0.252. The van der Waals surface area contributed by atoms with E-state index in [1.807, 2.05) is 91.0 Å². The number of hydrogen-bond donors (Lipinski definition) is 1. The molecule has 1 fully saturated rings. The van der Waals surface area contributed by atoms with Gasteiger partial charge in [-0.15, -0.1) is 0 Å². The van der Waals surface area contributed by atoms with Crippen LogP contribution in [0.3, 0.4) is 0 Å². The predicted octanol–water partition coefficient (Wildman–Crippen LogP) is 3.18. The van der Waals surface area contributed by atoms with E-state index >= 15 is 0 Å². The van der Waals surface area contributed by atoms with Crippen LogP contribution in [0.1, 0.15) is 29.3 Å². The Morgan fingerprint density at radius 1 is 0.872 bits per heavy atom. The molecule has 1 saturated heterocycles. The van der Waals surface area contributed by atoms with Crippen molar-refractivity contribution in [2.75, 3.05) is 12.9 Å². The maximum absolute atomic E-state index is 12.4. The van der Waals surface area contributed by atoms with Crippen LogP contribution in [0.2, 0.25) is 0 Å². The van der Waals surface area contributed by atoms with Crippen molar-refractivity contribution in [3.05, 3.63) is 141 Å². The number of benzene rings is 3. The fraction of sp³-hybridized carbons (Fsp3) is 0.241. The maximum atomic E-state index is 12.4. The zero-order valence-corrected chi connectivity index (χ0v) is 22.0. The molecule has 0 amide bonds. The van der Waals surface area contributed by atoms with Gasteiger partial charge in [0.1, 0.15) is 24.0 Å². The Morgan fingerprint density at radius 3 is 1.85 bits per heavy atom. The van der Waals surface area contributed by atoms with Gasteiger partial charge in [0.2, 0.25) is 0 Å². The van der Waals surface area contributed by atoms with E-state index in [1.165, 1.54) is 16.8 Å². The molecule has 1 aliphatic heterocycles. The lowest BCUT2D eigenvalue weighted by Crippen LogP contribution is -2.39. The van der Waals surface area contributed by atoms with Gasteiger partial charge in [0, 0.05) is 18.7 Å². The van der Waals surface area contributed by atoms with Crippen molar-refractivity contribution in [2.24, 2.45) is 0 Å². The van der Waals surface area contributed by atoms with E-state index in [4.69, 9.17) is 13.7 Å². The number of H-pyrrole nitrogens is 1. The third-order valence-corrected chi connectivity index (χ3v) is 7.24. The molecule has 1 aliphatic rings. The lowest BCUT2D eigenvalue weighted by Gasteiger charge is -2.37. The highest BCUT2D eigenvalue weighted by molar-refractivity contribution is 7.86. The highest BCUT2D eigenvalue weighted by atomic mass is 32.2. The average Bonchev–Trinajstić information content (AvgIpc) is 3.31. The smallest absolute Gasteiger partial charge is 0.330 e. The van der Waals surface area contributed by atoms with Crippen molar-refractivity contribution < 1.29 is 22.1 Å². The van der Waals surface area contributed by atoms with E-state index < -0.39 is 45.4 Å². The SMILES string of the molecule is CS(=O)(=O)O[C@H]1C[C@@H](n2ccc(=O)[nH]c2=O)O[C@@H]1COC(c1ccccc1)(c1ccccc1)c1ccccc1. The highest BCUT2D eigenvalue weighted by Gasteiger charge is 2.43. The van der Waals surface area contributed by atoms with Gasteiger partial charge in [-0.25, -0.2) is 4.79 Å². The molecule has 39 heavy (non-hydrogen) atoms. The Balaban J connectivity index is 1.55. The van der Waals surface area contributed by atoms with Crippen molar-refractivity contribution in [2.45, 2.75) is 30.5 Å². The fourth-order valence-electron chi connectivity index (χ4n) is 4.98. The third kappa shape index (κ3) is 5.79. The molecule has 10 heteroatoms. The molecule has 2 heterocycles. The second-order valence-electron chi connectivity index (χ2n) is 9.31. The third-order valence-electron chi connectivity index (χ3n) is 6.65. The minimum atomic E-state index is -3.85. The summed E-state index contributed by atoms with van der Waals surface area (Å²) in [6.45, 7) is -0.0620. The van der Waals surface area contributed by atoms with E-state index in [0.29, 0.717) is 0 Å². The summed E-state index contributed by atoms with van der Waals surface area (Å²) in [5, 5.41) is 0. The van der Waals surface area contributed by atoms with Crippen LogP contribution in [-0.2, 0) is 29.4 Å². The largest absolute Gasteiger partial charge is 0.358 e. The van der Waals surface area contributed by atoms with Crippen molar-refractivity contribution in [3.8, 4) is 0 Å². The Hall–Kier alpha value is -3.83. The lowest BCUT2D eigenvalue weighted by molar-refractivity contribution is -0.0910. The molecular weight excluding hydrogens is 520 g/mol. The van der Waals surface area contributed by atoms with E-state index in [9.17, 15) is 18.0 Å². The van der Waals surface area contributed by atoms with Crippen LogP contribution < -0.4 is 11.2 Å². The topological polar surface area (TPSA) is 117 Å². The molecule has 5 rings (SSSR count). The number of aromatic amines is 1. The first-order valence-corrected chi connectivity index (χ1v) is 14.2. The van der Waals surface area contributed by atoms with Gasteiger partial charge in [0.25, 0.3) is 15.7 Å². The van der Waals surface area contributed by atoms with Crippen LogP contribution in [0.15, 0.2) is 113 Å². The van der Waals surface area contributed by atoms with Gasteiger partial charge in [0.05, 0.1) is 12.9 Å². The van der Waals surface area contributed by atoms with Crippen molar-refractivity contribution >= 4 is 10.1 Å². The van der Waals surface area contributed by atoms with Crippen LogP contribution in [0.25, 0.3) is 0 Å². The number of nitrogens with zero attached hydrogens (tertiary/aromatic N) is 1. The molecule has 202 valence electrons.